The van der Waals surface area contributed by atoms with E-state index in [1.807, 2.05) is 0 Å². The summed E-state index contributed by atoms with van der Waals surface area (Å²) in [5.74, 6) is -1.96. The van der Waals surface area contributed by atoms with E-state index in [0.29, 0.717) is 4.90 Å². The van der Waals surface area contributed by atoms with Gasteiger partial charge in [0.25, 0.3) is 0 Å². The fourth-order valence-corrected chi connectivity index (χ4v) is 1.77. The number of alkyl halides is 3. The largest absolute Gasteiger partial charge is 0.471 e. The van der Waals surface area contributed by atoms with Crippen LogP contribution in [0.5, 0.6) is 0 Å². The summed E-state index contributed by atoms with van der Waals surface area (Å²) >= 11 is 0. The van der Waals surface area contributed by atoms with Crippen molar-refractivity contribution in [3.05, 3.63) is 35.9 Å². The van der Waals surface area contributed by atoms with Gasteiger partial charge in [0, 0.05) is 12.6 Å². The Balaban J connectivity index is 2.85. The smallest absolute Gasteiger partial charge is 0.328 e. The molecular weight excluding hydrogens is 259 g/mol. The Morgan fingerprint density at radius 2 is 1.79 bits per heavy atom. The minimum Gasteiger partial charge on any atom is -0.328 e. The molecule has 4 N–H and O–H groups in total. The van der Waals surface area contributed by atoms with Crippen molar-refractivity contribution in [1.82, 2.24) is 4.90 Å². The number of hydrogen-bond donors (Lipinski definition) is 2. The lowest BCUT2D eigenvalue weighted by Crippen LogP contribution is -2.53. The van der Waals surface area contributed by atoms with Gasteiger partial charge in [0.05, 0.1) is 6.67 Å². The van der Waals surface area contributed by atoms with Gasteiger partial charge in [0.15, 0.2) is 0 Å². The molecule has 1 rings (SSSR count). The molecule has 1 amide bonds. The minimum atomic E-state index is -4.94. The average molecular weight is 275 g/mol. The van der Waals surface area contributed by atoms with Crippen LogP contribution in [0.2, 0.25) is 0 Å². The van der Waals surface area contributed by atoms with Crippen molar-refractivity contribution in [1.29, 1.82) is 0 Å². The minimum absolute atomic E-state index is 0.0894. The maximum atomic E-state index is 12.4. The van der Waals surface area contributed by atoms with E-state index in [1.165, 1.54) is 0 Å². The molecule has 0 aromatic heterocycles. The van der Waals surface area contributed by atoms with Crippen molar-refractivity contribution < 1.29 is 18.0 Å². The van der Waals surface area contributed by atoms with Gasteiger partial charge in [0.2, 0.25) is 0 Å². The number of benzene rings is 1. The Kier molecular flexibility index (Phi) is 5.31. The van der Waals surface area contributed by atoms with Crippen molar-refractivity contribution in [3.8, 4) is 0 Å². The van der Waals surface area contributed by atoms with E-state index >= 15 is 0 Å². The topological polar surface area (TPSA) is 72.3 Å². The molecule has 106 valence electrons. The molecule has 0 heterocycles. The second kappa shape index (κ2) is 6.53. The SMILES string of the molecule is NCC(Cc1ccccc1)N(CN)C(=O)C(F)(F)F. The Morgan fingerprint density at radius 1 is 1.21 bits per heavy atom. The summed E-state index contributed by atoms with van der Waals surface area (Å²) in [7, 11) is 0. The molecule has 4 nitrogen and oxygen atoms in total. The third-order valence-corrected chi connectivity index (χ3v) is 2.73. The number of nitrogens with two attached hydrogens (primary N) is 2. The number of carbonyl (C=O) groups is 1. The first-order chi connectivity index (χ1) is 8.90. The summed E-state index contributed by atoms with van der Waals surface area (Å²) in [6.07, 6.45) is -4.71. The van der Waals surface area contributed by atoms with Gasteiger partial charge >= 0.3 is 12.1 Å². The van der Waals surface area contributed by atoms with Crippen molar-refractivity contribution >= 4 is 5.91 Å². The first kappa shape index (κ1) is 15.5. The first-order valence-corrected chi connectivity index (χ1v) is 5.72. The zero-order valence-electron chi connectivity index (χ0n) is 10.2. The molecule has 0 aliphatic heterocycles. The van der Waals surface area contributed by atoms with E-state index in [2.05, 4.69) is 0 Å². The lowest BCUT2D eigenvalue weighted by atomic mass is 10.0. The normalized spacial score (nSPS) is 13.1. The molecule has 0 aliphatic carbocycles. The van der Waals surface area contributed by atoms with Crippen molar-refractivity contribution in [2.75, 3.05) is 13.2 Å². The third-order valence-electron chi connectivity index (χ3n) is 2.73. The van der Waals surface area contributed by atoms with Gasteiger partial charge in [-0.25, -0.2) is 0 Å². The highest BCUT2D eigenvalue weighted by Crippen LogP contribution is 2.20. The van der Waals surface area contributed by atoms with E-state index in [-0.39, 0.29) is 13.0 Å². The summed E-state index contributed by atoms with van der Waals surface area (Å²) < 4.78 is 37.3. The molecule has 0 fully saturated rings. The molecule has 7 heteroatoms. The van der Waals surface area contributed by atoms with E-state index in [1.54, 1.807) is 30.3 Å². The van der Waals surface area contributed by atoms with Crippen LogP contribution in [-0.2, 0) is 11.2 Å². The van der Waals surface area contributed by atoms with Gasteiger partial charge in [-0.15, -0.1) is 0 Å². The number of hydrogen-bond acceptors (Lipinski definition) is 3. The maximum absolute atomic E-state index is 12.4. The van der Waals surface area contributed by atoms with Crippen LogP contribution in [0.4, 0.5) is 13.2 Å². The average Bonchev–Trinajstić information content (AvgIpc) is 2.38. The second-order valence-electron chi connectivity index (χ2n) is 4.03. The lowest BCUT2D eigenvalue weighted by molar-refractivity contribution is -0.187. The fraction of sp³-hybridized carbons (Fsp3) is 0.417. The molecular formula is C12H16F3N3O. The fourth-order valence-electron chi connectivity index (χ4n) is 1.77. The van der Waals surface area contributed by atoms with Crippen molar-refractivity contribution in [3.63, 3.8) is 0 Å². The Labute approximate surface area is 109 Å². The van der Waals surface area contributed by atoms with E-state index < -0.39 is 24.8 Å². The van der Waals surface area contributed by atoms with Crippen LogP contribution in [0.3, 0.4) is 0 Å². The Hall–Kier alpha value is -1.60. The molecule has 0 saturated carbocycles. The predicted octanol–water partition coefficient (Wildman–Crippen LogP) is 0.864. The maximum Gasteiger partial charge on any atom is 0.471 e. The van der Waals surface area contributed by atoms with E-state index in [4.69, 9.17) is 11.5 Å². The predicted molar refractivity (Wildman–Crippen MR) is 64.9 cm³/mol. The van der Waals surface area contributed by atoms with Gasteiger partial charge in [0.1, 0.15) is 0 Å². The van der Waals surface area contributed by atoms with Gasteiger partial charge in [-0.3, -0.25) is 4.79 Å². The highest BCUT2D eigenvalue weighted by atomic mass is 19.4. The zero-order chi connectivity index (χ0) is 14.5. The summed E-state index contributed by atoms with van der Waals surface area (Å²) in [6.45, 7) is -0.610. The van der Waals surface area contributed by atoms with Crippen molar-refractivity contribution in [2.45, 2.75) is 18.6 Å². The van der Waals surface area contributed by atoms with Gasteiger partial charge in [-0.05, 0) is 12.0 Å². The number of nitrogens with zero attached hydrogens (tertiary/aromatic N) is 1. The molecule has 0 spiro atoms. The molecule has 0 saturated heterocycles. The molecule has 1 unspecified atom stereocenters. The highest BCUT2D eigenvalue weighted by Gasteiger charge is 2.43. The zero-order valence-corrected chi connectivity index (χ0v) is 10.2. The van der Waals surface area contributed by atoms with Crippen LogP contribution in [-0.4, -0.2) is 36.2 Å². The number of amides is 1. The van der Waals surface area contributed by atoms with Gasteiger partial charge in [-0.2, -0.15) is 13.2 Å². The van der Waals surface area contributed by atoms with E-state index in [0.717, 1.165) is 5.56 Å². The molecule has 1 atom stereocenters. The standard InChI is InChI=1S/C12H16F3N3O/c13-12(14,15)11(19)18(8-17)10(7-16)6-9-4-2-1-3-5-9/h1-5,10H,6-8,16-17H2. The molecule has 0 aliphatic rings. The molecule has 1 aromatic carbocycles. The van der Waals surface area contributed by atoms with Crippen molar-refractivity contribution in [2.24, 2.45) is 11.5 Å². The summed E-state index contributed by atoms with van der Waals surface area (Å²) in [5, 5.41) is 0. The van der Waals surface area contributed by atoms with Gasteiger partial charge < -0.3 is 16.4 Å². The highest BCUT2D eigenvalue weighted by molar-refractivity contribution is 5.82. The molecule has 19 heavy (non-hydrogen) atoms. The monoisotopic (exact) mass is 275 g/mol. The van der Waals surface area contributed by atoms with Crippen LogP contribution in [0, 0.1) is 0 Å². The molecule has 1 aromatic rings. The van der Waals surface area contributed by atoms with Crippen LogP contribution < -0.4 is 11.5 Å². The number of rotatable bonds is 5. The molecule has 0 bridgehead atoms. The summed E-state index contributed by atoms with van der Waals surface area (Å²) in [4.78, 5) is 11.8. The number of halogens is 3. The Bertz CT molecular complexity index is 408. The third kappa shape index (κ3) is 4.22. The van der Waals surface area contributed by atoms with E-state index in [9.17, 15) is 18.0 Å². The Morgan fingerprint density at radius 3 is 2.21 bits per heavy atom. The quantitative estimate of drug-likeness (QED) is 0.783. The van der Waals surface area contributed by atoms with Gasteiger partial charge in [-0.1, -0.05) is 30.3 Å². The van der Waals surface area contributed by atoms with Crippen LogP contribution in [0.1, 0.15) is 5.56 Å². The first-order valence-electron chi connectivity index (χ1n) is 5.72. The van der Waals surface area contributed by atoms with Crippen LogP contribution in [0.25, 0.3) is 0 Å². The lowest BCUT2D eigenvalue weighted by Gasteiger charge is -2.30. The summed E-state index contributed by atoms with van der Waals surface area (Å²) in [6, 6.07) is 8.07. The number of carbonyl (C=O) groups excluding carboxylic acids is 1. The van der Waals surface area contributed by atoms with Crippen LogP contribution in [0.15, 0.2) is 30.3 Å². The molecule has 0 radical (unpaired) electrons. The second-order valence-corrected chi connectivity index (χ2v) is 4.03. The van der Waals surface area contributed by atoms with Crippen LogP contribution >= 0.6 is 0 Å². The summed E-state index contributed by atoms with van der Waals surface area (Å²) in [5.41, 5.74) is 11.5.